The summed E-state index contributed by atoms with van der Waals surface area (Å²) in [6, 6.07) is 1.94. The van der Waals surface area contributed by atoms with Crippen LogP contribution < -0.4 is 5.32 Å². The molecule has 12 heavy (non-hydrogen) atoms. The van der Waals surface area contributed by atoms with Crippen LogP contribution in [-0.4, -0.2) is 11.5 Å². The van der Waals surface area contributed by atoms with Crippen LogP contribution in [0.1, 0.15) is 19.4 Å². The molecular formula is C9H11ClN2. The van der Waals surface area contributed by atoms with Gasteiger partial charge in [0, 0.05) is 12.0 Å². The summed E-state index contributed by atoms with van der Waals surface area (Å²) in [6.07, 6.45) is 1.80. The highest BCUT2D eigenvalue weighted by atomic mass is 35.5. The zero-order valence-corrected chi connectivity index (χ0v) is 7.94. The van der Waals surface area contributed by atoms with Gasteiger partial charge in [-0.15, -0.1) is 0 Å². The second kappa shape index (κ2) is 2.36. The standard InChI is InChI=1S/C9H11ClN2/c1-9(2)5-12-7-4-11-8(10)3-6(7)9/h3-4,12H,5H2,1-2H3. The van der Waals surface area contributed by atoms with Crippen LogP contribution in [0.3, 0.4) is 0 Å². The first kappa shape index (κ1) is 7.87. The van der Waals surface area contributed by atoms with E-state index in [0.29, 0.717) is 5.15 Å². The molecule has 1 aliphatic rings. The monoisotopic (exact) mass is 182 g/mol. The van der Waals surface area contributed by atoms with Crippen molar-refractivity contribution >= 4 is 17.3 Å². The van der Waals surface area contributed by atoms with Crippen molar-refractivity contribution in [2.75, 3.05) is 11.9 Å². The fraction of sp³-hybridized carbons (Fsp3) is 0.444. The molecule has 64 valence electrons. The summed E-state index contributed by atoms with van der Waals surface area (Å²) in [7, 11) is 0. The second-order valence-corrected chi connectivity index (χ2v) is 4.18. The van der Waals surface area contributed by atoms with Crippen molar-refractivity contribution < 1.29 is 0 Å². The van der Waals surface area contributed by atoms with Crippen molar-refractivity contribution in [3.05, 3.63) is 23.0 Å². The average Bonchev–Trinajstić information content (AvgIpc) is 2.28. The van der Waals surface area contributed by atoms with E-state index in [1.54, 1.807) is 6.20 Å². The van der Waals surface area contributed by atoms with Gasteiger partial charge < -0.3 is 5.32 Å². The van der Waals surface area contributed by atoms with Gasteiger partial charge in [0.15, 0.2) is 0 Å². The Morgan fingerprint density at radius 2 is 2.33 bits per heavy atom. The molecular weight excluding hydrogens is 172 g/mol. The van der Waals surface area contributed by atoms with Crippen LogP contribution in [0.4, 0.5) is 5.69 Å². The number of hydrogen-bond acceptors (Lipinski definition) is 2. The van der Waals surface area contributed by atoms with E-state index in [0.717, 1.165) is 12.2 Å². The molecule has 0 unspecified atom stereocenters. The van der Waals surface area contributed by atoms with Crippen LogP contribution in [0.5, 0.6) is 0 Å². The number of rotatable bonds is 0. The Morgan fingerprint density at radius 3 is 3.08 bits per heavy atom. The summed E-state index contributed by atoms with van der Waals surface area (Å²) in [4.78, 5) is 4.02. The smallest absolute Gasteiger partial charge is 0.129 e. The third kappa shape index (κ3) is 1.07. The minimum atomic E-state index is 0.182. The molecule has 0 fully saturated rings. The average molecular weight is 183 g/mol. The van der Waals surface area contributed by atoms with Crippen LogP contribution in [0.25, 0.3) is 0 Å². The van der Waals surface area contributed by atoms with Crippen LogP contribution in [-0.2, 0) is 5.41 Å². The minimum absolute atomic E-state index is 0.182. The first-order valence-electron chi connectivity index (χ1n) is 3.99. The molecule has 0 bridgehead atoms. The van der Waals surface area contributed by atoms with E-state index in [4.69, 9.17) is 11.6 Å². The number of aromatic nitrogens is 1. The predicted molar refractivity (Wildman–Crippen MR) is 50.8 cm³/mol. The van der Waals surface area contributed by atoms with Gasteiger partial charge in [0.2, 0.25) is 0 Å². The zero-order chi connectivity index (χ0) is 8.77. The lowest BCUT2D eigenvalue weighted by Gasteiger charge is -2.16. The number of fused-ring (bicyclic) bond motifs is 1. The first-order valence-corrected chi connectivity index (χ1v) is 4.37. The summed E-state index contributed by atoms with van der Waals surface area (Å²) in [5, 5.41) is 3.87. The maximum Gasteiger partial charge on any atom is 0.129 e. The SMILES string of the molecule is CC1(C)CNc2cnc(Cl)cc21. The van der Waals surface area contributed by atoms with Gasteiger partial charge in [-0.1, -0.05) is 25.4 Å². The maximum absolute atomic E-state index is 5.81. The Labute approximate surface area is 77.0 Å². The van der Waals surface area contributed by atoms with Crippen molar-refractivity contribution in [3.8, 4) is 0 Å². The van der Waals surface area contributed by atoms with Gasteiger partial charge >= 0.3 is 0 Å². The summed E-state index contributed by atoms with van der Waals surface area (Å²) >= 11 is 5.81. The molecule has 0 aliphatic carbocycles. The maximum atomic E-state index is 5.81. The first-order chi connectivity index (χ1) is 5.59. The number of pyridine rings is 1. The van der Waals surface area contributed by atoms with Crippen molar-refractivity contribution in [3.63, 3.8) is 0 Å². The lowest BCUT2D eigenvalue weighted by molar-refractivity contribution is 0.586. The fourth-order valence-corrected chi connectivity index (χ4v) is 1.70. The highest BCUT2D eigenvalue weighted by Gasteiger charge is 2.29. The molecule has 0 spiro atoms. The molecule has 0 radical (unpaired) electrons. The number of hydrogen-bond donors (Lipinski definition) is 1. The van der Waals surface area contributed by atoms with Crippen LogP contribution in [0, 0.1) is 0 Å². The van der Waals surface area contributed by atoms with Crippen LogP contribution in [0.15, 0.2) is 12.3 Å². The minimum Gasteiger partial charge on any atom is -0.383 e. The third-order valence-corrected chi connectivity index (χ3v) is 2.53. The second-order valence-electron chi connectivity index (χ2n) is 3.79. The number of nitrogens with zero attached hydrogens (tertiary/aromatic N) is 1. The van der Waals surface area contributed by atoms with E-state index in [2.05, 4.69) is 24.1 Å². The van der Waals surface area contributed by atoms with Crippen molar-refractivity contribution in [1.82, 2.24) is 4.98 Å². The Morgan fingerprint density at radius 1 is 1.58 bits per heavy atom. The Balaban J connectivity index is 2.57. The van der Waals surface area contributed by atoms with Crippen LogP contribution in [0.2, 0.25) is 5.15 Å². The topological polar surface area (TPSA) is 24.9 Å². The molecule has 2 rings (SSSR count). The Kier molecular flexibility index (Phi) is 1.55. The Hall–Kier alpha value is -0.760. The molecule has 1 aliphatic heterocycles. The quantitative estimate of drug-likeness (QED) is 0.624. The molecule has 1 aromatic heterocycles. The van der Waals surface area contributed by atoms with E-state index in [1.807, 2.05) is 6.07 Å². The van der Waals surface area contributed by atoms with Gasteiger partial charge in [-0.25, -0.2) is 4.98 Å². The van der Waals surface area contributed by atoms with E-state index in [1.165, 1.54) is 5.56 Å². The molecule has 1 N–H and O–H groups in total. The summed E-state index contributed by atoms with van der Waals surface area (Å²) in [6.45, 7) is 5.36. The molecule has 2 nitrogen and oxygen atoms in total. The number of anilines is 1. The third-order valence-electron chi connectivity index (χ3n) is 2.32. The molecule has 3 heteroatoms. The zero-order valence-electron chi connectivity index (χ0n) is 7.19. The molecule has 2 heterocycles. The van der Waals surface area contributed by atoms with Gasteiger partial charge in [0.1, 0.15) is 5.15 Å². The van der Waals surface area contributed by atoms with Gasteiger partial charge in [-0.05, 0) is 11.6 Å². The molecule has 0 aromatic carbocycles. The van der Waals surface area contributed by atoms with Gasteiger partial charge in [-0.3, -0.25) is 0 Å². The highest BCUT2D eigenvalue weighted by Crippen LogP contribution is 2.36. The molecule has 0 saturated carbocycles. The van der Waals surface area contributed by atoms with Gasteiger partial charge in [-0.2, -0.15) is 0 Å². The van der Waals surface area contributed by atoms with Crippen molar-refractivity contribution in [1.29, 1.82) is 0 Å². The van der Waals surface area contributed by atoms with Crippen LogP contribution >= 0.6 is 11.6 Å². The normalized spacial score (nSPS) is 18.6. The fourth-order valence-electron chi connectivity index (χ4n) is 1.54. The lowest BCUT2D eigenvalue weighted by Crippen LogP contribution is -2.18. The van der Waals surface area contributed by atoms with Gasteiger partial charge in [0.05, 0.1) is 11.9 Å². The summed E-state index contributed by atoms with van der Waals surface area (Å²) in [5.41, 5.74) is 2.56. The van der Waals surface area contributed by atoms with E-state index >= 15 is 0 Å². The van der Waals surface area contributed by atoms with E-state index in [-0.39, 0.29) is 5.41 Å². The van der Waals surface area contributed by atoms with E-state index in [9.17, 15) is 0 Å². The number of nitrogens with one attached hydrogen (secondary N) is 1. The lowest BCUT2D eigenvalue weighted by atomic mass is 9.88. The van der Waals surface area contributed by atoms with Gasteiger partial charge in [0.25, 0.3) is 0 Å². The molecule has 0 atom stereocenters. The largest absolute Gasteiger partial charge is 0.383 e. The summed E-state index contributed by atoms with van der Waals surface area (Å²) in [5.74, 6) is 0. The number of halogens is 1. The summed E-state index contributed by atoms with van der Waals surface area (Å²) < 4.78 is 0. The van der Waals surface area contributed by atoms with Crippen molar-refractivity contribution in [2.45, 2.75) is 19.3 Å². The molecule has 0 saturated heterocycles. The molecule has 1 aromatic rings. The van der Waals surface area contributed by atoms with E-state index < -0.39 is 0 Å². The van der Waals surface area contributed by atoms with Crippen molar-refractivity contribution in [2.24, 2.45) is 0 Å². The Bertz CT molecular complexity index is 320. The highest BCUT2D eigenvalue weighted by molar-refractivity contribution is 6.29. The predicted octanol–water partition coefficient (Wildman–Crippen LogP) is 2.44. The molecule has 0 amide bonds.